The van der Waals surface area contributed by atoms with Crippen LogP contribution >= 0.6 is 11.6 Å². The number of carbonyl (C=O) groups excluding carboxylic acids is 1. The fourth-order valence-corrected chi connectivity index (χ4v) is 2.21. The largest absolute Gasteiger partial charge is 0.480 e. The quantitative estimate of drug-likeness (QED) is 0.883. The second kappa shape index (κ2) is 5.41. The number of aliphatic carboxylic acids is 1. The van der Waals surface area contributed by atoms with Crippen LogP contribution < -0.4 is 0 Å². The maximum absolute atomic E-state index is 12.3. The van der Waals surface area contributed by atoms with Gasteiger partial charge in [-0.1, -0.05) is 11.6 Å². The molecule has 0 aliphatic heterocycles. The van der Waals surface area contributed by atoms with Crippen LogP contribution in [0.2, 0.25) is 5.02 Å². The average molecular weight is 310 g/mol. The number of carboxylic acids is 1. The molecule has 1 aromatic heterocycles. The van der Waals surface area contributed by atoms with Gasteiger partial charge in [0.1, 0.15) is 12.1 Å². The highest BCUT2D eigenvalue weighted by atomic mass is 35.5. The van der Waals surface area contributed by atoms with Crippen LogP contribution in [0.1, 0.15) is 31.1 Å². The summed E-state index contributed by atoms with van der Waals surface area (Å²) in [5, 5.41) is 10.0. The Labute approximate surface area is 127 Å². The molecule has 0 radical (unpaired) electrons. The summed E-state index contributed by atoms with van der Waals surface area (Å²) < 4.78 is 6.84. The van der Waals surface area contributed by atoms with Crippen LogP contribution in [-0.4, -0.2) is 27.2 Å². The molecule has 2 aromatic rings. The van der Waals surface area contributed by atoms with Gasteiger partial charge in [0.2, 0.25) is 0 Å². The summed E-state index contributed by atoms with van der Waals surface area (Å²) in [4.78, 5) is 23.2. The number of rotatable bonds is 3. The lowest BCUT2D eigenvalue weighted by Crippen LogP contribution is -2.23. The van der Waals surface area contributed by atoms with Gasteiger partial charge in [-0.15, -0.1) is 0 Å². The van der Waals surface area contributed by atoms with Crippen LogP contribution in [0.5, 0.6) is 0 Å². The zero-order valence-electron chi connectivity index (χ0n) is 12.0. The molecule has 1 heterocycles. The zero-order chi connectivity index (χ0) is 15.8. The topological polar surface area (TPSA) is 68.5 Å². The Kier molecular flexibility index (Phi) is 3.96. The molecule has 0 atom stereocenters. The number of hydrogen-bond donors (Lipinski definition) is 1. The van der Waals surface area contributed by atoms with Crippen molar-refractivity contribution < 1.29 is 19.4 Å². The first-order valence-electron chi connectivity index (χ1n) is 6.41. The van der Waals surface area contributed by atoms with Crippen molar-refractivity contribution in [2.75, 3.05) is 0 Å². The molecule has 0 aliphatic rings. The highest BCUT2D eigenvalue weighted by Crippen LogP contribution is 2.26. The highest BCUT2D eigenvalue weighted by Gasteiger charge is 2.22. The van der Waals surface area contributed by atoms with Crippen LogP contribution in [-0.2, 0) is 16.1 Å². The highest BCUT2D eigenvalue weighted by molar-refractivity contribution is 6.31. The van der Waals surface area contributed by atoms with Crippen LogP contribution in [0.4, 0.5) is 0 Å². The van der Waals surface area contributed by atoms with Gasteiger partial charge in [-0.3, -0.25) is 4.79 Å². The molecule has 0 unspecified atom stereocenters. The number of esters is 1. The fraction of sp³-hybridized carbons (Fsp3) is 0.333. The van der Waals surface area contributed by atoms with Crippen molar-refractivity contribution in [2.45, 2.75) is 32.9 Å². The van der Waals surface area contributed by atoms with Crippen molar-refractivity contribution in [1.29, 1.82) is 0 Å². The smallest absolute Gasteiger partial charge is 0.340 e. The Morgan fingerprint density at radius 2 is 2.00 bits per heavy atom. The lowest BCUT2D eigenvalue weighted by atomic mass is 10.1. The standard InChI is InChI=1S/C15H16ClNO4/c1-15(2,3)21-14(20)11-7-17(8-13(18)19)12-5-4-9(16)6-10(11)12/h4-7H,8H2,1-3H3,(H,18,19). The third kappa shape index (κ3) is 3.55. The van der Waals surface area contributed by atoms with E-state index in [1.54, 1.807) is 39.0 Å². The number of benzene rings is 1. The van der Waals surface area contributed by atoms with Gasteiger partial charge in [0.15, 0.2) is 0 Å². The summed E-state index contributed by atoms with van der Waals surface area (Å²) in [5.41, 5.74) is 0.308. The molecule has 21 heavy (non-hydrogen) atoms. The van der Waals surface area contributed by atoms with E-state index in [0.29, 0.717) is 21.5 Å². The van der Waals surface area contributed by atoms with E-state index in [1.807, 2.05) is 0 Å². The van der Waals surface area contributed by atoms with Gasteiger partial charge in [0, 0.05) is 22.1 Å². The van der Waals surface area contributed by atoms with Gasteiger partial charge >= 0.3 is 11.9 Å². The molecule has 0 saturated carbocycles. The molecule has 6 heteroatoms. The predicted molar refractivity (Wildman–Crippen MR) is 79.8 cm³/mol. The molecule has 1 aromatic carbocycles. The van der Waals surface area contributed by atoms with Gasteiger partial charge in [0.25, 0.3) is 0 Å². The molecule has 0 fully saturated rings. The minimum Gasteiger partial charge on any atom is -0.480 e. The lowest BCUT2D eigenvalue weighted by molar-refractivity contribution is -0.137. The summed E-state index contributed by atoms with van der Waals surface area (Å²) in [6, 6.07) is 4.98. The molecule has 5 nitrogen and oxygen atoms in total. The summed E-state index contributed by atoms with van der Waals surface area (Å²) >= 11 is 5.97. The van der Waals surface area contributed by atoms with Crippen molar-refractivity contribution in [1.82, 2.24) is 4.57 Å². The molecule has 0 saturated heterocycles. The first-order valence-corrected chi connectivity index (χ1v) is 6.79. The molecule has 0 spiro atoms. The maximum atomic E-state index is 12.3. The number of fused-ring (bicyclic) bond motifs is 1. The number of halogens is 1. The van der Waals surface area contributed by atoms with Crippen molar-refractivity contribution in [3.05, 3.63) is 35.0 Å². The first-order chi connectivity index (χ1) is 9.67. The predicted octanol–water partition coefficient (Wildman–Crippen LogP) is 3.33. The minimum absolute atomic E-state index is 0.235. The summed E-state index contributed by atoms with van der Waals surface area (Å²) in [7, 11) is 0. The van der Waals surface area contributed by atoms with E-state index < -0.39 is 17.5 Å². The van der Waals surface area contributed by atoms with Crippen molar-refractivity contribution in [3.63, 3.8) is 0 Å². The molecule has 2 rings (SSSR count). The summed E-state index contributed by atoms with van der Waals surface area (Å²) in [6.45, 7) is 5.08. The third-order valence-electron chi connectivity index (χ3n) is 2.77. The van der Waals surface area contributed by atoms with E-state index in [2.05, 4.69) is 0 Å². The van der Waals surface area contributed by atoms with Gasteiger partial charge in [0.05, 0.1) is 5.56 Å². The maximum Gasteiger partial charge on any atom is 0.340 e. The van der Waals surface area contributed by atoms with E-state index in [0.717, 1.165) is 0 Å². The number of ether oxygens (including phenoxy) is 1. The van der Waals surface area contributed by atoms with E-state index >= 15 is 0 Å². The van der Waals surface area contributed by atoms with Crippen LogP contribution in [0.15, 0.2) is 24.4 Å². The number of carbonyl (C=O) groups is 2. The Bertz CT molecular complexity index is 712. The van der Waals surface area contributed by atoms with Gasteiger partial charge < -0.3 is 14.4 Å². The molecule has 1 N–H and O–H groups in total. The molecule has 0 amide bonds. The number of hydrogen-bond acceptors (Lipinski definition) is 3. The second-order valence-corrected chi connectivity index (χ2v) is 6.16. The SMILES string of the molecule is CC(C)(C)OC(=O)c1cn(CC(=O)O)c2ccc(Cl)cc12. The van der Waals surface area contributed by atoms with Gasteiger partial charge in [-0.05, 0) is 39.0 Å². The molecule has 112 valence electrons. The number of aromatic nitrogens is 1. The molecular formula is C15H16ClNO4. The van der Waals surface area contributed by atoms with Crippen molar-refractivity contribution in [2.24, 2.45) is 0 Å². The lowest BCUT2D eigenvalue weighted by Gasteiger charge is -2.19. The zero-order valence-corrected chi connectivity index (χ0v) is 12.8. The van der Waals surface area contributed by atoms with E-state index in [1.165, 1.54) is 10.8 Å². The Morgan fingerprint density at radius 3 is 2.57 bits per heavy atom. The van der Waals surface area contributed by atoms with Crippen LogP contribution in [0.3, 0.4) is 0 Å². The van der Waals surface area contributed by atoms with Crippen LogP contribution in [0.25, 0.3) is 10.9 Å². The van der Waals surface area contributed by atoms with E-state index in [4.69, 9.17) is 21.4 Å². The number of nitrogens with zero attached hydrogens (tertiary/aromatic N) is 1. The van der Waals surface area contributed by atoms with Crippen molar-refractivity contribution >= 4 is 34.4 Å². The first kappa shape index (κ1) is 15.4. The average Bonchev–Trinajstić information content (AvgIpc) is 2.64. The normalized spacial score (nSPS) is 11.6. The Morgan fingerprint density at radius 1 is 1.33 bits per heavy atom. The second-order valence-electron chi connectivity index (χ2n) is 5.73. The molecule has 0 aliphatic carbocycles. The van der Waals surface area contributed by atoms with Crippen LogP contribution in [0, 0.1) is 0 Å². The summed E-state index contributed by atoms with van der Waals surface area (Å²) in [6.07, 6.45) is 1.49. The molecular weight excluding hydrogens is 294 g/mol. The fourth-order valence-electron chi connectivity index (χ4n) is 2.04. The molecule has 0 bridgehead atoms. The monoisotopic (exact) mass is 309 g/mol. The third-order valence-corrected chi connectivity index (χ3v) is 3.00. The van der Waals surface area contributed by atoms with E-state index in [9.17, 15) is 9.59 Å². The minimum atomic E-state index is -0.988. The van der Waals surface area contributed by atoms with E-state index in [-0.39, 0.29) is 6.54 Å². The summed E-state index contributed by atoms with van der Waals surface area (Å²) in [5.74, 6) is -1.49. The Hall–Kier alpha value is -2.01. The van der Waals surface area contributed by atoms with Gasteiger partial charge in [-0.2, -0.15) is 0 Å². The van der Waals surface area contributed by atoms with Gasteiger partial charge in [-0.25, -0.2) is 4.79 Å². The Balaban J connectivity index is 2.54. The number of carboxylic acid groups (broad SMARTS) is 1. The van der Waals surface area contributed by atoms with Crippen molar-refractivity contribution in [3.8, 4) is 0 Å².